The predicted molar refractivity (Wildman–Crippen MR) is 80.6 cm³/mol. The Labute approximate surface area is 126 Å². The number of rotatable bonds is 3. The van der Waals surface area contributed by atoms with Crippen LogP contribution in [0.3, 0.4) is 0 Å². The number of methoxy groups -OCH3 is 1. The monoisotopic (exact) mass is 295 g/mol. The zero-order valence-electron chi connectivity index (χ0n) is 11.8. The molecule has 6 heteroatoms. The third-order valence-electron chi connectivity index (χ3n) is 3.14. The Morgan fingerprint density at radius 1 is 0.909 bits per heavy atom. The Balaban J connectivity index is 2.10. The first-order valence-corrected chi connectivity index (χ1v) is 6.54. The van der Waals surface area contributed by atoms with Crippen LogP contribution in [0.4, 0.5) is 0 Å². The molecule has 0 spiro atoms. The van der Waals surface area contributed by atoms with Gasteiger partial charge in [0.15, 0.2) is 11.6 Å². The number of aromatic nitrogens is 3. The number of ether oxygens (including phenoxy) is 1. The Bertz CT molecular complexity index is 821. The van der Waals surface area contributed by atoms with Gasteiger partial charge in [0.05, 0.1) is 18.2 Å². The van der Waals surface area contributed by atoms with Gasteiger partial charge < -0.3 is 14.9 Å². The molecule has 0 aliphatic carbocycles. The zero-order chi connectivity index (χ0) is 15.5. The zero-order valence-corrected chi connectivity index (χ0v) is 11.8. The van der Waals surface area contributed by atoms with Gasteiger partial charge in [-0.05, 0) is 24.3 Å². The smallest absolute Gasteiger partial charge is 0.167 e. The van der Waals surface area contributed by atoms with Crippen molar-refractivity contribution in [2.24, 2.45) is 0 Å². The Hall–Kier alpha value is -3.15. The van der Waals surface area contributed by atoms with E-state index in [-0.39, 0.29) is 11.5 Å². The SMILES string of the molecule is COc1ccccc1-c1ncnc(-c2ccc(O)cc2O)n1. The highest BCUT2D eigenvalue weighted by molar-refractivity contribution is 5.69. The Morgan fingerprint density at radius 3 is 2.36 bits per heavy atom. The highest BCUT2D eigenvalue weighted by Crippen LogP contribution is 2.32. The van der Waals surface area contributed by atoms with Crippen molar-refractivity contribution in [1.29, 1.82) is 0 Å². The van der Waals surface area contributed by atoms with Gasteiger partial charge in [-0.25, -0.2) is 15.0 Å². The van der Waals surface area contributed by atoms with E-state index < -0.39 is 0 Å². The highest BCUT2D eigenvalue weighted by atomic mass is 16.5. The van der Waals surface area contributed by atoms with Crippen molar-refractivity contribution in [3.63, 3.8) is 0 Å². The van der Waals surface area contributed by atoms with Crippen molar-refractivity contribution in [2.75, 3.05) is 7.11 Å². The molecule has 0 atom stereocenters. The van der Waals surface area contributed by atoms with E-state index in [1.165, 1.54) is 18.5 Å². The van der Waals surface area contributed by atoms with Gasteiger partial charge in [-0.3, -0.25) is 0 Å². The second-order valence-electron chi connectivity index (χ2n) is 4.53. The Kier molecular flexibility index (Phi) is 3.57. The standard InChI is InChI=1S/C16H13N3O3/c1-22-14-5-3-2-4-12(14)16-18-9-17-15(19-16)11-7-6-10(20)8-13(11)21/h2-9,20-21H,1H3. The van der Waals surface area contributed by atoms with Crippen molar-refractivity contribution in [3.05, 3.63) is 48.8 Å². The summed E-state index contributed by atoms with van der Waals surface area (Å²) in [5, 5.41) is 19.3. The van der Waals surface area contributed by atoms with Crippen LogP contribution in [-0.2, 0) is 0 Å². The summed E-state index contributed by atoms with van der Waals surface area (Å²) in [6.45, 7) is 0. The van der Waals surface area contributed by atoms with E-state index >= 15 is 0 Å². The Morgan fingerprint density at radius 2 is 1.64 bits per heavy atom. The largest absolute Gasteiger partial charge is 0.508 e. The summed E-state index contributed by atoms with van der Waals surface area (Å²) in [5.74, 6) is 1.27. The number of benzene rings is 2. The molecule has 0 saturated carbocycles. The number of hydrogen-bond donors (Lipinski definition) is 2. The van der Waals surface area contributed by atoms with E-state index in [0.29, 0.717) is 23.0 Å². The molecule has 1 aromatic heterocycles. The topological polar surface area (TPSA) is 88.4 Å². The lowest BCUT2D eigenvalue weighted by Crippen LogP contribution is -1.97. The maximum atomic E-state index is 9.92. The fourth-order valence-electron chi connectivity index (χ4n) is 2.09. The minimum Gasteiger partial charge on any atom is -0.508 e. The normalized spacial score (nSPS) is 10.4. The third-order valence-corrected chi connectivity index (χ3v) is 3.14. The summed E-state index contributed by atoms with van der Waals surface area (Å²) in [6, 6.07) is 11.6. The number of nitrogens with zero attached hydrogens (tertiary/aromatic N) is 3. The molecular weight excluding hydrogens is 282 g/mol. The molecule has 0 saturated heterocycles. The lowest BCUT2D eigenvalue weighted by Gasteiger charge is -2.08. The van der Waals surface area contributed by atoms with Crippen LogP contribution in [0, 0.1) is 0 Å². The molecule has 110 valence electrons. The third kappa shape index (κ3) is 2.54. The summed E-state index contributed by atoms with van der Waals surface area (Å²) in [7, 11) is 1.58. The van der Waals surface area contributed by atoms with Crippen LogP contribution in [0.5, 0.6) is 17.2 Å². The van der Waals surface area contributed by atoms with E-state index in [0.717, 1.165) is 5.56 Å². The summed E-state index contributed by atoms with van der Waals surface area (Å²) in [5.41, 5.74) is 1.14. The minimum absolute atomic E-state index is 0.0275. The van der Waals surface area contributed by atoms with E-state index in [4.69, 9.17) is 4.74 Å². The van der Waals surface area contributed by atoms with Gasteiger partial charge in [-0.15, -0.1) is 0 Å². The molecule has 3 rings (SSSR count). The highest BCUT2D eigenvalue weighted by Gasteiger charge is 2.12. The summed E-state index contributed by atoms with van der Waals surface area (Å²) < 4.78 is 5.30. The van der Waals surface area contributed by atoms with Gasteiger partial charge >= 0.3 is 0 Å². The second-order valence-corrected chi connectivity index (χ2v) is 4.53. The molecule has 2 aromatic carbocycles. The van der Waals surface area contributed by atoms with Gasteiger partial charge in [0.1, 0.15) is 23.6 Å². The van der Waals surface area contributed by atoms with E-state index in [1.54, 1.807) is 13.2 Å². The second kappa shape index (κ2) is 5.69. The summed E-state index contributed by atoms with van der Waals surface area (Å²) in [6.07, 6.45) is 1.37. The van der Waals surface area contributed by atoms with E-state index in [1.807, 2.05) is 24.3 Å². The summed E-state index contributed by atoms with van der Waals surface area (Å²) >= 11 is 0. The maximum absolute atomic E-state index is 9.92. The maximum Gasteiger partial charge on any atom is 0.167 e. The van der Waals surface area contributed by atoms with E-state index in [2.05, 4.69) is 15.0 Å². The number of para-hydroxylation sites is 1. The number of phenolic OH excluding ortho intramolecular Hbond substituents is 2. The molecule has 0 unspecified atom stereocenters. The molecule has 0 aliphatic heterocycles. The fourth-order valence-corrected chi connectivity index (χ4v) is 2.09. The van der Waals surface area contributed by atoms with Gasteiger partial charge in [-0.2, -0.15) is 0 Å². The van der Waals surface area contributed by atoms with Crippen LogP contribution >= 0.6 is 0 Å². The van der Waals surface area contributed by atoms with Gasteiger partial charge in [-0.1, -0.05) is 12.1 Å². The average Bonchev–Trinajstić information content (AvgIpc) is 2.55. The molecule has 3 aromatic rings. The fraction of sp³-hybridized carbons (Fsp3) is 0.0625. The molecule has 0 radical (unpaired) electrons. The lowest BCUT2D eigenvalue weighted by molar-refractivity contribution is 0.416. The van der Waals surface area contributed by atoms with Crippen molar-refractivity contribution < 1.29 is 14.9 Å². The molecule has 1 heterocycles. The molecule has 0 aliphatic rings. The first-order chi connectivity index (χ1) is 10.7. The van der Waals surface area contributed by atoms with Gasteiger partial charge in [0.25, 0.3) is 0 Å². The van der Waals surface area contributed by atoms with Gasteiger partial charge in [0.2, 0.25) is 0 Å². The van der Waals surface area contributed by atoms with Crippen molar-refractivity contribution in [1.82, 2.24) is 15.0 Å². The number of hydrogen-bond acceptors (Lipinski definition) is 6. The van der Waals surface area contributed by atoms with Crippen LogP contribution in [0.15, 0.2) is 48.8 Å². The first-order valence-electron chi connectivity index (χ1n) is 6.54. The number of phenols is 2. The van der Waals surface area contributed by atoms with Crippen LogP contribution in [0.25, 0.3) is 22.8 Å². The molecular formula is C16H13N3O3. The van der Waals surface area contributed by atoms with Crippen LogP contribution in [0.1, 0.15) is 0 Å². The summed E-state index contributed by atoms with van der Waals surface area (Å²) in [4.78, 5) is 12.6. The van der Waals surface area contributed by atoms with Crippen molar-refractivity contribution in [3.8, 4) is 40.0 Å². The molecule has 2 N–H and O–H groups in total. The van der Waals surface area contributed by atoms with E-state index in [9.17, 15) is 10.2 Å². The molecule has 0 bridgehead atoms. The van der Waals surface area contributed by atoms with Crippen molar-refractivity contribution in [2.45, 2.75) is 0 Å². The average molecular weight is 295 g/mol. The molecule has 6 nitrogen and oxygen atoms in total. The molecule has 0 fully saturated rings. The van der Waals surface area contributed by atoms with Crippen LogP contribution in [0.2, 0.25) is 0 Å². The van der Waals surface area contributed by atoms with Crippen LogP contribution in [-0.4, -0.2) is 32.3 Å². The van der Waals surface area contributed by atoms with Gasteiger partial charge in [0, 0.05) is 6.07 Å². The molecule has 0 amide bonds. The first kappa shape index (κ1) is 13.8. The predicted octanol–water partition coefficient (Wildman–Crippen LogP) is 2.63. The lowest BCUT2D eigenvalue weighted by atomic mass is 10.1. The van der Waals surface area contributed by atoms with Crippen molar-refractivity contribution >= 4 is 0 Å². The van der Waals surface area contributed by atoms with Crippen LogP contribution < -0.4 is 4.74 Å². The number of aromatic hydroxyl groups is 2. The minimum atomic E-state index is -0.0998. The molecule has 22 heavy (non-hydrogen) atoms. The quantitative estimate of drug-likeness (QED) is 0.772.